The van der Waals surface area contributed by atoms with E-state index in [0.29, 0.717) is 17.1 Å². The Morgan fingerprint density at radius 3 is 2.68 bits per heavy atom. The van der Waals surface area contributed by atoms with E-state index in [1.54, 1.807) is 17.8 Å². The van der Waals surface area contributed by atoms with Crippen molar-refractivity contribution in [3.8, 4) is 0 Å². The van der Waals surface area contributed by atoms with E-state index < -0.39 is 0 Å². The van der Waals surface area contributed by atoms with Gasteiger partial charge in [-0.25, -0.2) is 4.39 Å². The summed E-state index contributed by atoms with van der Waals surface area (Å²) < 4.78 is 13.2. The van der Waals surface area contributed by atoms with Crippen LogP contribution in [0.4, 0.5) is 10.1 Å². The number of aryl methyl sites for hydroxylation is 1. The Morgan fingerprint density at radius 2 is 1.95 bits per heavy atom. The number of carbonyl (C=O) groups is 1. The van der Waals surface area contributed by atoms with Crippen LogP contribution in [0.3, 0.4) is 0 Å². The summed E-state index contributed by atoms with van der Waals surface area (Å²) in [5.41, 5.74) is 1.39. The van der Waals surface area contributed by atoms with Crippen LogP contribution in [0.15, 0.2) is 47.4 Å². The lowest BCUT2D eigenvalue weighted by molar-refractivity contribution is -0.116. The molecule has 0 fully saturated rings. The maximum Gasteiger partial charge on any atom is 0.224 e. The topological polar surface area (TPSA) is 29.1 Å². The van der Waals surface area contributed by atoms with Crippen molar-refractivity contribution in [3.05, 3.63) is 58.9 Å². The lowest BCUT2D eigenvalue weighted by atomic mass is 10.2. The molecule has 0 radical (unpaired) electrons. The Bertz CT molecular complexity index is 646. The highest BCUT2D eigenvalue weighted by molar-refractivity contribution is 7.99. The molecule has 5 heteroatoms. The molecule has 0 aromatic heterocycles. The molecule has 2 rings (SSSR count). The highest BCUT2D eigenvalue weighted by Crippen LogP contribution is 2.22. The van der Waals surface area contributed by atoms with E-state index >= 15 is 0 Å². The third kappa shape index (κ3) is 5.35. The van der Waals surface area contributed by atoms with Crippen molar-refractivity contribution in [1.29, 1.82) is 0 Å². The molecule has 1 N–H and O–H groups in total. The summed E-state index contributed by atoms with van der Waals surface area (Å²) in [6, 6.07) is 12.0. The molecule has 0 atom stereocenters. The van der Waals surface area contributed by atoms with Crippen LogP contribution in [0, 0.1) is 12.7 Å². The molecule has 0 bridgehead atoms. The van der Waals surface area contributed by atoms with Gasteiger partial charge in [-0.1, -0.05) is 17.7 Å². The number of thioether (sulfide) groups is 1. The quantitative estimate of drug-likeness (QED) is 0.572. The minimum atomic E-state index is -0.348. The van der Waals surface area contributed by atoms with Crippen LogP contribution in [-0.4, -0.2) is 11.7 Å². The lowest BCUT2D eigenvalue weighted by Crippen LogP contribution is -2.12. The van der Waals surface area contributed by atoms with E-state index in [4.69, 9.17) is 11.6 Å². The zero-order valence-electron chi connectivity index (χ0n) is 12.2. The first-order chi connectivity index (χ1) is 10.5. The fraction of sp³-hybridized carbons (Fsp3) is 0.235. The molecule has 0 aliphatic rings. The second-order valence-corrected chi connectivity index (χ2v) is 6.52. The summed E-state index contributed by atoms with van der Waals surface area (Å²) in [5, 5.41) is 3.47. The summed E-state index contributed by atoms with van der Waals surface area (Å²) >= 11 is 7.51. The second-order valence-electron chi connectivity index (χ2n) is 4.91. The average molecular weight is 338 g/mol. The molecule has 0 heterocycles. The summed E-state index contributed by atoms with van der Waals surface area (Å²) in [6.07, 6.45) is 1.17. The number of anilines is 1. The molecule has 0 aliphatic heterocycles. The van der Waals surface area contributed by atoms with Crippen LogP contribution in [0.5, 0.6) is 0 Å². The highest BCUT2D eigenvalue weighted by atomic mass is 35.5. The maximum absolute atomic E-state index is 13.2. The molecule has 0 saturated heterocycles. The number of hydrogen-bond donors (Lipinski definition) is 1. The molecule has 2 aromatic rings. The zero-order valence-corrected chi connectivity index (χ0v) is 13.8. The number of amides is 1. The Balaban J connectivity index is 1.74. The summed E-state index contributed by atoms with van der Waals surface area (Å²) in [4.78, 5) is 13.0. The van der Waals surface area contributed by atoms with E-state index in [0.717, 1.165) is 22.6 Å². The summed E-state index contributed by atoms with van der Waals surface area (Å²) in [6.45, 7) is 1.84. The van der Waals surface area contributed by atoms with Crippen molar-refractivity contribution in [3.63, 3.8) is 0 Å². The molecule has 2 nitrogen and oxygen atoms in total. The van der Waals surface area contributed by atoms with Crippen LogP contribution in [0.2, 0.25) is 5.02 Å². The fourth-order valence-electron chi connectivity index (χ4n) is 1.90. The molecule has 0 spiro atoms. The smallest absolute Gasteiger partial charge is 0.224 e. The molecule has 116 valence electrons. The van der Waals surface area contributed by atoms with Gasteiger partial charge < -0.3 is 5.32 Å². The van der Waals surface area contributed by atoms with E-state index in [9.17, 15) is 9.18 Å². The van der Waals surface area contributed by atoms with Gasteiger partial charge in [0.1, 0.15) is 5.82 Å². The molecular weight excluding hydrogens is 321 g/mol. The molecule has 0 unspecified atom stereocenters. The van der Waals surface area contributed by atoms with E-state index in [2.05, 4.69) is 5.32 Å². The third-order valence-electron chi connectivity index (χ3n) is 3.10. The Labute approximate surface area is 139 Å². The molecule has 0 saturated carbocycles. The summed E-state index contributed by atoms with van der Waals surface area (Å²) in [5.74, 6) is 0.404. The standard InChI is InChI=1S/C17H17ClFNOS/c1-12-4-7-14(19)11-16(12)20-17(21)3-2-10-22-15-8-5-13(18)6-9-15/h4-9,11H,2-3,10H2,1H3,(H,20,21). The van der Waals surface area contributed by atoms with Crippen LogP contribution in [-0.2, 0) is 4.79 Å². The van der Waals surface area contributed by atoms with Crippen LogP contribution >= 0.6 is 23.4 Å². The Morgan fingerprint density at radius 1 is 1.23 bits per heavy atom. The van der Waals surface area contributed by atoms with Crippen LogP contribution in [0.25, 0.3) is 0 Å². The monoisotopic (exact) mass is 337 g/mol. The summed E-state index contributed by atoms with van der Waals surface area (Å²) in [7, 11) is 0. The van der Waals surface area contributed by atoms with E-state index in [1.165, 1.54) is 12.1 Å². The van der Waals surface area contributed by atoms with Gasteiger partial charge in [0.15, 0.2) is 0 Å². The van der Waals surface area contributed by atoms with Crippen molar-refractivity contribution < 1.29 is 9.18 Å². The van der Waals surface area contributed by atoms with E-state index in [1.807, 2.05) is 31.2 Å². The second kappa shape index (κ2) is 8.20. The predicted molar refractivity (Wildman–Crippen MR) is 91.2 cm³/mol. The number of carbonyl (C=O) groups excluding carboxylic acids is 1. The van der Waals surface area contributed by atoms with Gasteiger partial charge in [-0.05, 0) is 61.1 Å². The number of halogens is 2. The number of hydrogen-bond acceptors (Lipinski definition) is 2. The fourth-order valence-corrected chi connectivity index (χ4v) is 2.87. The van der Waals surface area contributed by atoms with Gasteiger partial charge >= 0.3 is 0 Å². The molecule has 0 aliphatic carbocycles. The predicted octanol–water partition coefficient (Wildman–Crippen LogP) is 5.30. The average Bonchev–Trinajstić information content (AvgIpc) is 2.49. The van der Waals surface area contributed by atoms with Gasteiger partial charge in [-0.2, -0.15) is 0 Å². The minimum absolute atomic E-state index is 0.0922. The van der Waals surface area contributed by atoms with Crippen molar-refractivity contribution in [2.24, 2.45) is 0 Å². The lowest BCUT2D eigenvalue weighted by Gasteiger charge is -2.08. The normalized spacial score (nSPS) is 10.5. The van der Waals surface area contributed by atoms with Gasteiger partial charge in [-0.3, -0.25) is 4.79 Å². The molecule has 2 aromatic carbocycles. The molecule has 22 heavy (non-hydrogen) atoms. The SMILES string of the molecule is Cc1ccc(F)cc1NC(=O)CCCSc1ccc(Cl)cc1. The van der Waals surface area contributed by atoms with Crippen LogP contribution < -0.4 is 5.32 Å². The first-order valence-electron chi connectivity index (χ1n) is 6.99. The zero-order chi connectivity index (χ0) is 15.9. The molecular formula is C17H17ClFNOS. The van der Waals surface area contributed by atoms with Crippen molar-refractivity contribution in [1.82, 2.24) is 0 Å². The Hall–Kier alpha value is -1.52. The van der Waals surface area contributed by atoms with Crippen molar-refractivity contribution in [2.45, 2.75) is 24.7 Å². The van der Waals surface area contributed by atoms with Crippen molar-refractivity contribution in [2.75, 3.05) is 11.1 Å². The van der Waals surface area contributed by atoms with Crippen LogP contribution in [0.1, 0.15) is 18.4 Å². The molecule has 1 amide bonds. The maximum atomic E-state index is 13.2. The van der Waals surface area contributed by atoms with Gasteiger partial charge in [0.25, 0.3) is 0 Å². The van der Waals surface area contributed by atoms with Gasteiger partial charge in [-0.15, -0.1) is 11.8 Å². The number of nitrogens with one attached hydrogen (secondary N) is 1. The van der Waals surface area contributed by atoms with Gasteiger partial charge in [0, 0.05) is 22.0 Å². The Kier molecular flexibility index (Phi) is 6.28. The largest absolute Gasteiger partial charge is 0.326 e. The van der Waals surface area contributed by atoms with Gasteiger partial charge in [0.2, 0.25) is 5.91 Å². The number of rotatable bonds is 6. The first kappa shape index (κ1) is 16.8. The van der Waals surface area contributed by atoms with Gasteiger partial charge in [0.05, 0.1) is 0 Å². The highest BCUT2D eigenvalue weighted by Gasteiger charge is 2.06. The first-order valence-corrected chi connectivity index (χ1v) is 8.35. The van der Waals surface area contributed by atoms with Crippen molar-refractivity contribution >= 4 is 35.0 Å². The minimum Gasteiger partial charge on any atom is -0.326 e. The van der Waals surface area contributed by atoms with E-state index in [-0.39, 0.29) is 11.7 Å². The number of benzene rings is 2. The third-order valence-corrected chi connectivity index (χ3v) is 4.45.